The molecule has 0 unspecified atom stereocenters. The van der Waals surface area contributed by atoms with Crippen molar-refractivity contribution in [1.29, 1.82) is 0 Å². The van der Waals surface area contributed by atoms with E-state index < -0.39 is 10.1 Å². The average molecular weight is 358 g/mol. The van der Waals surface area contributed by atoms with E-state index in [1.54, 1.807) is 12.4 Å². The summed E-state index contributed by atoms with van der Waals surface area (Å²) < 4.78 is 29.5. The summed E-state index contributed by atoms with van der Waals surface area (Å²) >= 11 is 0. The monoisotopic (exact) mass is 357 g/mol. The lowest BCUT2D eigenvalue weighted by Gasteiger charge is -2.02. The van der Waals surface area contributed by atoms with Gasteiger partial charge in [0, 0.05) is 12.4 Å². The second-order valence-corrected chi connectivity index (χ2v) is 7.77. The summed E-state index contributed by atoms with van der Waals surface area (Å²) in [5, 5.41) is 0. The van der Waals surface area contributed by atoms with Crippen molar-refractivity contribution in [3.8, 4) is 0 Å². The molecule has 1 aromatic heterocycles. The molecule has 0 saturated carbocycles. The number of hydrogen-bond donors (Lipinski definition) is 1. The molecule has 0 aliphatic rings. The van der Waals surface area contributed by atoms with Gasteiger partial charge in [0.1, 0.15) is 0 Å². The highest BCUT2D eigenvalue weighted by Gasteiger charge is 2.02. The fraction of sp³-hybridized carbons (Fsp3) is 0.737. The summed E-state index contributed by atoms with van der Waals surface area (Å²) in [6.07, 6.45) is 18.0. The van der Waals surface area contributed by atoms with E-state index in [2.05, 4.69) is 11.9 Å². The Kier molecular flexibility index (Phi) is 16.2. The van der Waals surface area contributed by atoms with E-state index in [4.69, 9.17) is 4.55 Å². The minimum absolute atomic E-state index is 0.0789. The molecule has 0 saturated heterocycles. The first-order chi connectivity index (χ1) is 11.6. The van der Waals surface area contributed by atoms with Crippen LogP contribution in [0.5, 0.6) is 0 Å². The first-order valence-corrected chi connectivity index (χ1v) is 11.0. The smallest absolute Gasteiger partial charge is 0.264 e. The van der Waals surface area contributed by atoms with Gasteiger partial charge in [-0.1, -0.05) is 83.6 Å². The van der Waals surface area contributed by atoms with Crippen molar-refractivity contribution < 1.29 is 13.0 Å². The van der Waals surface area contributed by atoms with E-state index in [0.717, 1.165) is 12.8 Å². The Hall–Kier alpha value is -0.940. The van der Waals surface area contributed by atoms with Crippen LogP contribution in [0.2, 0.25) is 0 Å². The van der Waals surface area contributed by atoms with E-state index in [1.807, 2.05) is 18.2 Å². The van der Waals surface area contributed by atoms with Crippen LogP contribution in [0, 0.1) is 0 Å². The van der Waals surface area contributed by atoms with Crippen molar-refractivity contribution in [3.05, 3.63) is 30.6 Å². The van der Waals surface area contributed by atoms with Gasteiger partial charge in [0.25, 0.3) is 10.1 Å². The Morgan fingerprint density at radius 1 is 0.708 bits per heavy atom. The van der Waals surface area contributed by atoms with Crippen LogP contribution in [0.4, 0.5) is 0 Å². The number of nitrogens with zero attached hydrogens (tertiary/aromatic N) is 1. The van der Waals surface area contributed by atoms with Crippen LogP contribution in [-0.2, 0) is 10.1 Å². The summed E-state index contributed by atoms with van der Waals surface area (Å²) in [6, 6.07) is 5.72. The van der Waals surface area contributed by atoms with Crippen LogP contribution < -0.4 is 0 Å². The molecule has 0 amide bonds. The standard InChI is InChI=1S/C14H30O3S.C5H5N/c1-2-3-4-5-6-7-8-9-10-11-12-13-14-18(15,16)17;1-2-4-6-5-3-1/h2-14H2,1H3,(H,15,16,17);1-5H. The Morgan fingerprint density at radius 2 is 1.12 bits per heavy atom. The van der Waals surface area contributed by atoms with Gasteiger partial charge in [-0.25, -0.2) is 0 Å². The van der Waals surface area contributed by atoms with Crippen molar-refractivity contribution in [3.63, 3.8) is 0 Å². The van der Waals surface area contributed by atoms with Crippen molar-refractivity contribution in [2.75, 3.05) is 5.75 Å². The second-order valence-electron chi connectivity index (χ2n) is 6.20. The Bertz CT molecular complexity index is 422. The van der Waals surface area contributed by atoms with Crippen LogP contribution >= 0.6 is 0 Å². The normalized spacial score (nSPS) is 10.9. The predicted octanol–water partition coefficient (Wildman–Crippen LogP) is 5.66. The van der Waals surface area contributed by atoms with Crippen LogP contribution in [0.25, 0.3) is 0 Å². The van der Waals surface area contributed by atoms with Crippen molar-refractivity contribution in [2.24, 2.45) is 0 Å². The van der Waals surface area contributed by atoms with Gasteiger partial charge in [-0.2, -0.15) is 8.42 Å². The van der Waals surface area contributed by atoms with Crippen molar-refractivity contribution in [2.45, 2.75) is 84.0 Å². The number of unbranched alkanes of at least 4 members (excludes halogenated alkanes) is 11. The molecule has 0 bridgehead atoms. The molecule has 0 aromatic carbocycles. The molecule has 0 atom stereocenters. The molecular formula is C19H35NO3S. The highest BCUT2D eigenvalue weighted by molar-refractivity contribution is 7.85. The summed E-state index contributed by atoms with van der Waals surface area (Å²) in [5.74, 6) is -0.0789. The summed E-state index contributed by atoms with van der Waals surface area (Å²) in [7, 11) is -3.74. The number of pyridine rings is 1. The molecule has 1 aromatic rings. The molecule has 140 valence electrons. The number of rotatable bonds is 13. The molecule has 0 radical (unpaired) electrons. The quantitative estimate of drug-likeness (QED) is 0.365. The molecular weight excluding hydrogens is 322 g/mol. The lowest BCUT2D eigenvalue weighted by molar-refractivity contribution is 0.478. The third-order valence-electron chi connectivity index (χ3n) is 3.82. The maximum absolute atomic E-state index is 10.5. The lowest BCUT2D eigenvalue weighted by atomic mass is 10.1. The Balaban J connectivity index is 0.000000728. The summed E-state index contributed by atoms with van der Waals surface area (Å²) in [4.78, 5) is 3.78. The fourth-order valence-corrected chi connectivity index (χ4v) is 3.01. The maximum Gasteiger partial charge on any atom is 0.264 e. The van der Waals surface area contributed by atoms with E-state index in [-0.39, 0.29) is 5.75 Å². The van der Waals surface area contributed by atoms with E-state index >= 15 is 0 Å². The van der Waals surface area contributed by atoms with Gasteiger partial charge in [0.05, 0.1) is 5.75 Å². The fourth-order valence-electron chi connectivity index (χ4n) is 2.44. The van der Waals surface area contributed by atoms with Crippen LogP contribution in [0.3, 0.4) is 0 Å². The van der Waals surface area contributed by atoms with Crippen LogP contribution in [0.1, 0.15) is 84.0 Å². The zero-order chi connectivity index (χ0) is 17.9. The number of aromatic nitrogens is 1. The van der Waals surface area contributed by atoms with Gasteiger partial charge in [0.2, 0.25) is 0 Å². The van der Waals surface area contributed by atoms with Gasteiger partial charge in [-0.15, -0.1) is 0 Å². The minimum Gasteiger partial charge on any atom is -0.286 e. The van der Waals surface area contributed by atoms with E-state index in [1.165, 1.54) is 57.8 Å². The minimum atomic E-state index is -3.74. The largest absolute Gasteiger partial charge is 0.286 e. The van der Waals surface area contributed by atoms with Crippen LogP contribution in [0.15, 0.2) is 30.6 Å². The molecule has 0 fully saturated rings. The Morgan fingerprint density at radius 3 is 1.42 bits per heavy atom. The molecule has 1 heterocycles. The first-order valence-electron chi connectivity index (χ1n) is 9.36. The highest BCUT2D eigenvalue weighted by Crippen LogP contribution is 2.12. The average Bonchev–Trinajstić information content (AvgIpc) is 2.57. The molecule has 0 aliphatic heterocycles. The topological polar surface area (TPSA) is 67.3 Å². The van der Waals surface area contributed by atoms with E-state index in [9.17, 15) is 8.42 Å². The third kappa shape index (κ3) is 21.1. The zero-order valence-electron chi connectivity index (χ0n) is 15.2. The molecule has 4 nitrogen and oxygen atoms in total. The van der Waals surface area contributed by atoms with Gasteiger partial charge in [0.15, 0.2) is 0 Å². The second kappa shape index (κ2) is 16.9. The zero-order valence-corrected chi connectivity index (χ0v) is 16.0. The molecule has 0 spiro atoms. The van der Waals surface area contributed by atoms with E-state index in [0.29, 0.717) is 6.42 Å². The molecule has 24 heavy (non-hydrogen) atoms. The molecule has 5 heteroatoms. The van der Waals surface area contributed by atoms with Crippen molar-refractivity contribution >= 4 is 10.1 Å². The maximum atomic E-state index is 10.5. The van der Waals surface area contributed by atoms with Gasteiger partial charge in [-0.05, 0) is 18.6 Å². The lowest BCUT2D eigenvalue weighted by Crippen LogP contribution is -2.03. The highest BCUT2D eigenvalue weighted by atomic mass is 32.2. The third-order valence-corrected chi connectivity index (χ3v) is 4.63. The Labute approximate surface area is 148 Å². The van der Waals surface area contributed by atoms with Gasteiger partial charge < -0.3 is 0 Å². The van der Waals surface area contributed by atoms with Crippen molar-refractivity contribution in [1.82, 2.24) is 4.98 Å². The van der Waals surface area contributed by atoms with Gasteiger partial charge in [-0.3, -0.25) is 9.54 Å². The van der Waals surface area contributed by atoms with Crippen LogP contribution in [-0.4, -0.2) is 23.7 Å². The molecule has 1 rings (SSSR count). The SMILES string of the molecule is CCCCCCCCCCCCCCS(=O)(=O)O.c1ccncc1. The first kappa shape index (κ1) is 23.1. The number of hydrogen-bond acceptors (Lipinski definition) is 3. The summed E-state index contributed by atoms with van der Waals surface area (Å²) in [5.41, 5.74) is 0. The molecule has 0 aliphatic carbocycles. The predicted molar refractivity (Wildman–Crippen MR) is 102 cm³/mol. The summed E-state index contributed by atoms with van der Waals surface area (Å²) in [6.45, 7) is 2.24. The molecule has 1 N–H and O–H groups in total. The van der Waals surface area contributed by atoms with Gasteiger partial charge >= 0.3 is 0 Å².